The van der Waals surface area contributed by atoms with Crippen LogP contribution >= 0.6 is 0 Å². The number of rotatable bonds is 0. The summed E-state index contributed by atoms with van der Waals surface area (Å²) in [6.07, 6.45) is -4.79. The van der Waals surface area contributed by atoms with Gasteiger partial charge in [-0.15, -0.1) is 0 Å². The van der Waals surface area contributed by atoms with Crippen molar-refractivity contribution in [1.29, 1.82) is 10.8 Å². The Balaban J connectivity index is 2.82. The van der Waals surface area contributed by atoms with E-state index in [-0.39, 0.29) is 17.4 Å². The van der Waals surface area contributed by atoms with Crippen molar-refractivity contribution in [3.8, 4) is 0 Å². The molecule has 0 atom stereocenters. The Hall–Kier alpha value is -2.12. The van der Waals surface area contributed by atoms with Gasteiger partial charge in [-0.2, -0.15) is 13.2 Å². The van der Waals surface area contributed by atoms with Gasteiger partial charge in [-0.05, 0) is 32.9 Å². The Kier molecular flexibility index (Phi) is 3.23. The van der Waals surface area contributed by atoms with Crippen LogP contribution in [0.5, 0.6) is 0 Å². The van der Waals surface area contributed by atoms with Crippen molar-refractivity contribution in [3.63, 3.8) is 0 Å². The molecule has 0 aromatic heterocycles. The normalized spacial score (nSPS) is 17.3. The first-order valence-corrected chi connectivity index (χ1v) is 6.08. The van der Waals surface area contributed by atoms with Crippen LogP contribution in [0.15, 0.2) is 12.1 Å². The third-order valence-electron chi connectivity index (χ3n) is 3.20. The number of amidine groups is 2. The molecule has 0 aliphatic carbocycles. The molecule has 3 N–H and O–H groups in total. The van der Waals surface area contributed by atoms with Crippen molar-refractivity contribution in [2.24, 2.45) is 0 Å². The summed E-state index contributed by atoms with van der Waals surface area (Å²) in [5.74, 6) is -1.48. The summed E-state index contributed by atoms with van der Waals surface area (Å²) in [4.78, 5) is 0.883. The van der Waals surface area contributed by atoms with Crippen molar-refractivity contribution >= 4 is 23.0 Å². The van der Waals surface area contributed by atoms with Gasteiger partial charge in [0.2, 0.25) is 0 Å². The van der Waals surface area contributed by atoms with E-state index >= 15 is 0 Å². The van der Waals surface area contributed by atoms with E-state index in [9.17, 15) is 17.6 Å². The summed E-state index contributed by atoms with van der Waals surface area (Å²) in [5, 5.41) is 18.4. The van der Waals surface area contributed by atoms with Gasteiger partial charge in [0.1, 0.15) is 17.5 Å². The van der Waals surface area contributed by atoms with Gasteiger partial charge in [0.15, 0.2) is 0 Å². The molecule has 21 heavy (non-hydrogen) atoms. The fraction of sp³-hybridized carbons (Fsp3) is 0.385. The maximum absolute atomic E-state index is 13.5. The van der Waals surface area contributed by atoms with E-state index in [1.165, 1.54) is 6.92 Å². The fourth-order valence-corrected chi connectivity index (χ4v) is 2.27. The highest BCUT2D eigenvalue weighted by atomic mass is 19.4. The lowest BCUT2D eigenvalue weighted by Gasteiger charge is -2.42. The summed E-state index contributed by atoms with van der Waals surface area (Å²) in [7, 11) is 0. The molecule has 0 fully saturated rings. The summed E-state index contributed by atoms with van der Waals surface area (Å²) < 4.78 is 52.9. The minimum atomic E-state index is -4.79. The standard InChI is InChI=1S/C13H14F4N4/c1-6(18)21-10-8(13(15,16)17)4-7(14)5-9(10)20-12(2,3)11(21)19/h4-5,18-20H,1-3H3. The van der Waals surface area contributed by atoms with Crippen LogP contribution < -0.4 is 10.2 Å². The van der Waals surface area contributed by atoms with Gasteiger partial charge in [0.25, 0.3) is 0 Å². The van der Waals surface area contributed by atoms with E-state index in [2.05, 4.69) is 5.32 Å². The first-order valence-electron chi connectivity index (χ1n) is 6.08. The molecule has 0 saturated carbocycles. The molecule has 0 amide bonds. The van der Waals surface area contributed by atoms with Gasteiger partial charge in [0.05, 0.1) is 22.5 Å². The first-order chi connectivity index (χ1) is 9.45. The van der Waals surface area contributed by atoms with Gasteiger partial charge in [0, 0.05) is 0 Å². The predicted octanol–water partition coefficient (Wildman–Crippen LogP) is 3.83. The third-order valence-corrected chi connectivity index (χ3v) is 3.20. The number of nitrogens with one attached hydrogen (secondary N) is 3. The van der Waals surface area contributed by atoms with E-state index < -0.39 is 28.8 Å². The zero-order valence-corrected chi connectivity index (χ0v) is 11.6. The molecule has 4 nitrogen and oxygen atoms in total. The number of halogens is 4. The highest BCUT2D eigenvalue weighted by Crippen LogP contribution is 2.45. The van der Waals surface area contributed by atoms with E-state index in [1.54, 1.807) is 13.8 Å². The quantitative estimate of drug-likeness (QED) is 0.387. The van der Waals surface area contributed by atoms with Crippen LogP contribution in [0.1, 0.15) is 26.3 Å². The Morgan fingerprint density at radius 1 is 1.29 bits per heavy atom. The highest BCUT2D eigenvalue weighted by molar-refractivity contribution is 6.23. The van der Waals surface area contributed by atoms with E-state index in [4.69, 9.17) is 10.8 Å². The van der Waals surface area contributed by atoms with E-state index in [0.29, 0.717) is 6.07 Å². The van der Waals surface area contributed by atoms with Crippen LogP contribution in [-0.4, -0.2) is 17.2 Å². The molecule has 114 valence electrons. The molecule has 2 rings (SSSR count). The average Bonchev–Trinajstić information content (AvgIpc) is 2.27. The number of hydrogen-bond donors (Lipinski definition) is 3. The molecular weight excluding hydrogens is 288 g/mol. The Morgan fingerprint density at radius 2 is 1.86 bits per heavy atom. The predicted molar refractivity (Wildman–Crippen MR) is 72.7 cm³/mol. The van der Waals surface area contributed by atoms with Crippen LogP contribution in [0.2, 0.25) is 0 Å². The number of fused-ring (bicyclic) bond motifs is 1. The van der Waals surface area contributed by atoms with Crippen LogP contribution in [0.25, 0.3) is 0 Å². The van der Waals surface area contributed by atoms with Crippen molar-refractivity contribution in [2.45, 2.75) is 32.5 Å². The zero-order chi connectivity index (χ0) is 16.2. The summed E-state index contributed by atoms with van der Waals surface area (Å²) in [6.45, 7) is 4.43. The van der Waals surface area contributed by atoms with Crippen molar-refractivity contribution in [3.05, 3.63) is 23.5 Å². The maximum Gasteiger partial charge on any atom is 0.418 e. The monoisotopic (exact) mass is 302 g/mol. The molecule has 1 aromatic carbocycles. The molecule has 1 aromatic rings. The number of anilines is 2. The molecule has 8 heteroatoms. The van der Waals surface area contributed by atoms with Gasteiger partial charge in [-0.25, -0.2) is 4.39 Å². The van der Waals surface area contributed by atoms with Crippen molar-refractivity contribution in [1.82, 2.24) is 0 Å². The second kappa shape index (κ2) is 4.44. The Labute approximate surface area is 118 Å². The fourth-order valence-electron chi connectivity index (χ4n) is 2.27. The van der Waals surface area contributed by atoms with Gasteiger partial charge in [-0.3, -0.25) is 15.7 Å². The second-order valence-corrected chi connectivity index (χ2v) is 5.37. The Morgan fingerprint density at radius 3 is 2.33 bits per heavy atom. The van der Waals surface area contributed by atoms with Gasteiger partial charge in [-0.1, -0.05) is 0 Å². The number of alkyl halides is 3. The Bertz CT molecular complexity index is 634. The number of nitrogens with zero attached hydrogens (tertiary/aromatic N) is 1. The van der Waals surface area contributed by atoms with Crippen LogP contribution in [0.3, 0.4) is 0 Å². The van der Waals surface area contributed by atoms with Crippen molar-refractivity contribution in [2.75, 3.05) is 10.2 Å². The van der Waals surface area contributed by atoms with Crippen LogP contribution in [0.4, 0.5) is 28.9 Å². The maximum atomic E-state index is 13.5. The van der Waals surface area contributed by atoms with E-state index in [0.717, 1.165) is 11.0 Å². The summed E-state index contributed by atoms with van der Waals surface area (Å²) in [5.41, 5.74) is -2.74. The van der Waals surface area contributed by atoms with Crippen LogP contribution in [0, 0.1) is 16.6 Å². The van der Waals surface area contributed by atoms with Crippen molar-refractivity contribution < 1.29 is 17.6 Å². The van der Waals surface area contributed by atoms with E-state index in [1.807, 2.05) is 0 Å². The average molecular weight is 302 g/mol. The highest BCUT2D eigenvalue weighted by Gasteiger charge is 2.44. The molecular formula is C13H14F4N4. The molecule has 1 aliphatic rings. The second-order valence-electron chi connectivity index (χ2n) is 5.37. The van der Waals surface area contributed by atoms with Gasteiger partial charge < -0.3 is 5.32 Å². The smallest absolute Gasteiger partial charge is 0.371 e. The molecule has 0 saturated heterocycles. The molecule has 1 heterocycles. The molecule has 0 bridgehead atoms. The minimum Gasteiger partial charge on any atom is -0.371 e. The molecule has 0 spiro atoms. The molecule has 1 aliphatic heterocycles. The first kappa shape index (κ1) is 15.3. The minimum absolute atomic E-state index is 0.0880. The lowest BCUT2D eigenvalue weighted by molar-refractivity contribution is -0.137. The zero-order valence-electron chi connectivity index (χ0n) is 11.6. The number of hydrogen-bond acceptors (Lipinski definition) is 3. The molecule has 0 unspecified atom stereocenters. The largest absolute Gasteiger partial charge is 0.418 e. The molecule has 0 radical (unpaired) electrons. The lowest BCUT2D eigenvalue weighted by Crippen LogP contribution is -2.55. The van der Waals surface area contributed by atoms with Gasteiger partial charge >= 0.3 is 6.18 Å². The SMILES string of the molecule is CC(=N)N1C(=N)C(C)(C)Nc2cc(F)cc(C(F)(F)F)c21. The third kappa shape index (κ3) is 2.45. The number of benzene rings is 1. The summed E-state index contributed by atoms with van der Waals surface area (Å²) in [6, 6.07) is 1.32. The summed E-state index contributed by atoms with van der Waals surface area (Å²) >= 11 is 0. The lowest BCUT2D eigenvalue weighted by atomic mass is 9.95. The topological polar surface area (TPSA) is 63.0 Å². The van der Waals surface area contributed by atoms with Crippen LogP contribution in [-0.2, 0) is 6.18 Å².